The molecule has 0 radical (unpaired) electrons. The molecule has 0 fully saturated rings. The van der Waals surface area contributed by atoms with Gasteiger partial charge in [0.05, 0.1) is 28.7 Å². The first-order valence-corrected chi connectivity index (χ1v) is 10.3. The second-order valence-corrected chi connectivity index (χ2v) is 8.54. The third-order valence-corrected chi connectivity index (χ3v) is 5.41. The molecule has 1 aromatic carbocycles. The number of rotatable bonds is 6. The highest BCUT2D eigenvalue weighted by Crippen LogP contribution is 2.36. The molecule has 0 unspecified atom stereocenters. The summed E-state index contributed by atoms with van der Waals surface area (Å²) in [6.07, 6.45) is -2.59. The molecule has 27 heavy (non-hydrogen) atoms. The molecule has 6 nitrogen and oxygen atoms in total. The molecule has 2 aromatic rings. The Bertz CT molecular complexity index is 945. The number of sulfonamides is 1. The van der Waals surface area contributed by atoms with Gasteiger partial charge in [-0.05, 0) is 29.6 Å². The highest BCUT2D eigenvalue weighted by Gasteiger charge is 2.33. The zero-order valence-electron chi connectivity index (χ0n) is 13.7. The Morgan fingerprint density at radius 1 is 1.37 bits per heavy atom. The second kappa shape index (κ2) is 8.28. The van der Waals surface area contributed by atoms with Crippen molar-refractivity contribution in [1.29, 1.82) is 0 Å². The normalized spacial score (nSPS) is 12.3. The number of carbonyl (C=O) groups excluding carboxylic acids is 1. The number of hydrazone groups is 1. The first kappa shape index (κ1) is 21.2. The van der Waals surface area contributed by atoms with E-state index >= 15 is 0 Å². The van der Waals surface area contributed by atoms with Crippen molar-refractivity contribution in [2.45, 2.75) is 6.18 Å². The van der Waals surface area contributed by atoms with Gasteiger partial charge in [-0.15, -0.1) is 11.3 Å². The Hall–Kier alpha value is -2.11. The van der Waals surface area contributed by atoms with E-state index < -0.39 is 39.9 Å². The van der Waals surface area contributed by atoms with E-state index in [1.54, 1.807) is 17.5 Å². The SMILES string of the molecule is CS(=O)(=O)N(CC(=O)N/N=C\c1cccs1)c1cc(C(F)(F)F)ccc1Cl. The highest BCUT2D eigenvalue weighted by molar-refractivity contribution is 7.92. The van der Waals surface area contributed by atoms with Gasteiger partial charge in [0.2, 0.25) is 10.0 Å². The largest absolute Gasteiger partial charge is 0.416 e. The van der Waals surface area contributed by atoms with Gasteiger partial charge in [0.15, 0.2) is 0 Å². The van der Waals surface area contributed by atoms with Crippen LogP contribution in [-0.4, -0.2) is 33.3 Å². The molecule has 0 saturated carbocycles. The monoisotopic (exact) mass is 439 g/mol. The van der Waals surface area contributed by atoms with Crippen molar-refractivity contribution in [1.82, 2.24) is 5.43 Å². The van der Waals surface area contributed by atoms with Gasteiger partial charge in [-0.2, -0.15) is 18.3 Å². The number of carbonyl (C=O) groups is 1. The molecule has 0 saturated heterocycles. The van der Waals surface area contributed by atoms with Crippen molar-refractivity contribution in [3.8, 4) is 0 Å². The van der Waals surface area contributed by atoms with E-state index in [1.807, 2.05) is 0 Å². The lowest BCUT2D eigenvalue weighted by Crippen LogP contribution is -2.39. The topological polar surface area (TPSA) is 78.8 Å². The van der Waals surface area contributed by atoms with Crippen LogP contribution in [0.25, 0.3) is 0 Å². The van der Waals surface area contributed by atoms with Crippen molar-refractivity contribution in [3.63, 3.8) is 0 Å². The number of amides is 1. The number of benzene rings is 1. The van der Waals surface area contributed by atoms with Crippen LogP contribution in [0.5, 0.6) is 0 Å². The number of nitrogens with one attached hydrogen (secondary N) is 1. The first-order chi connectivity index (χ1) is 12.5. The molecule has 2 rings (SSSR count). The summed E-state index contributed by atoms with van der Waals surface area (Å²) < 4.78 is 63.3. The van der Waals surface area contributed by atoms with Gasteiger partial charge in [-0.3, -0.25) is 9.10 Å². The molecule has 0 spiro atoms. The molecule has 1 N–H and O–H groups in total. The van der Waals surface area contributed by atoms with Gasteiger partial charge in [-0.1, -0.05) is 17.7 Å². The van der Waals surface area contributed by atoms with Gasteiger partial charge in [0, 0.05) is 4.88 Å². The molecular weight excluding hydrogens is 427 g/mol. The predicted molar refractivity (Wildman–Crippen MR) is 98.7 cm³/mol. The molecular formula is C15H13ClF3N3O3S2. The molecule has 0 bridgehead atoms. The van der Waals surface area contributed by atoms with Crippen LogP contribution in [0.2, 0.25) is 5.02 Å². The van der Waals surface area contributed by atoms with Crippen LogP contribution in [0.3, 0.4) is 0 Å². The van der Waals surface area contributed by atoms with Crippen LogP contribution in [0.4, 0.5) is 18.9 Å². The summed E-state index contributed by atoms with van der Waals surface area (Å²) in [4.78, 5) is 12.7. The number of hydrogen-bond acceptors (Lipinski definition) is 5. The Morgan fingerprint density at radius 2 is 2.07 bits per heavy atom. The van der Waals surface area contributed by atoms with Crippen LogP contribution in [0.15, 0.2) is 40.8 Å². The maximum atomic E-state index is 12.9. The average Bonchev–Trinajstić information content (AvgIpc) is 3.04. The van der Waals surface area contributed by atoms with Crippen LogP contribution >= 0.6 is 22.9 Å². The van der Waals surface area contributed by atoms with E-state index in [4.69, 9.17) is 11.6 Å². The maximum absolute atomic E-state index is 12.9. The third kappa shape index (κ3) is 5.94. The smallest absolute Gasteiger partial charge is 0.271 e. The van der Waals surface area contributed by atoms with Gasteiger partial charge in [-0.25, -0.2) is 13.8 Å². The van der Waals surface area contributed by atoms with Gasteiger partial charge in [0.25, 0.3) is 5.91 Å². The fourth-order valence-corrected chi connectivity index (χ4v) is 3.67. The van der Waals surface area contributed by atoms with Crippen LogP contribution < -0.4 is 9.73 Å². The fraction of sp³-hybridized carbons (Fsp3) is 0.200. The van der Waals surface area contributed by atoms with Crippen LogP contribution in [0.1, 0.15) is 10.4 Å². The Kier molecular flexibility index (Phi) is 6.50. The number of nitrogens with zero attached hydrogens (tertiary/aromatic N) is 2. The zero-order valence-corrected chi connectivity index (χ0v) is 16.1. The number of alkyl halides is 3. The maximum Gasteiger partial charge on any atom is 0.416 e. The van der Waals surface area contributed by atoms with E-state index in [9.17, 15) is 26.4 Å². The summed E-state index contributed by atoms with van der Waals surface area (Å²) >= 11 is 7.23. The molecule has 1 heterocycles. The molecule has 0 atom stereocenters. The van der Waals surface area contributed by atoms with E-state index in [2.05, 4.69) is 10.5 Å². The summed E-state index contributed by atoms with van der Waals surface area (Å²) in [6.45, 7) is -0.790. The van der Waals surface area contributed by atoms with Crippen LogP contribution in [-0.2, 0) is 21.0 Å². The molecule has 0 aliphatic carbocycles. The number of thiophene rings is 1. The summed E-state index contributed by atoms with van der Waals surface area (Å²) in [5.41, 5.74) is 0.580. The van der Waals surface area contributed by atoms with Crippen molar-refractivity contribution in [2.75, 3.05) is 17.1 Å². The standard InChI is InChI=1S/C15H13ClF3N3O3S2/c1-27(24,25)22(9-14(23)21-20-8-11-3-2-6-26-11)13-7-10(15(17,18)19)4-5-12(13)16/h2-8H,9H2,1H3,(H,21,23)/b20-8-. The Morgan fingerprint density at radius 3 is 2.63 bits per heavy atom. The number of hydrogen-bond donors (Lipinski definition) is 1. The minimum absolute atomic E-state index is 0.247. The Balaban J connectivity index is 2.25. The van der Waals surface area contributed by atoms with E-state index in [1.165, 1.54) is 17.6 Å². The number of anilines is 1. The molecule has 146 valence electrons. The molecule has 1 aromatic heterocycles. The molecule has 0 aliphatic heterocycles. The minimum atomic E-state index is -4.70. The lowest BCUT2D eigenvalue weighted by Gasteiger charge is -2.23. The summed E-state index contributed by atoms with van der Waals surface area (Å²) in [5, 5.41) is 5.22. The molecule has 0 aliphatic rings. The highest BCUT2D eigenvalue weighted by atomic mass is 35.5. The number of halogens is 4. The van der Waals surface area contributed by atoms with Crippen molar-refractivity contribution >= 4 is 50.8 Å². The zero-order chi connectivity index (χ0) is 20.2. The van der Waals surface area contributed by atoms with E-state index in [-0.39, 0.29) is 5.02 Å². The average molecular weight is 440 g/mol. The fourth-order valence-electron chi connectivity index (χ4n) is 1.96. The lowest BCUT2D eigenvalue weighted by molar-refractivity contribution is -0.137. The Labute approximate surface area is 162 Å². The minimum Gasteiger partial charge on any atom is -0.271 e. The third-order valence-electron chi connectivity index (χ3n) is 3.15. The molecule has 12 heteroatoms. The second-order valence-electron chi connectivity index (χ2n) is 5.24. The summed E-state index contributed by atoms with van der Waals surface area (Å²) in [5.74, 6) is -0.846. The quantitative estimate of drug-likeness (QED) is 0.554. The van der Waals surface area contributed by atoms with Crippen LogP contribution in [0, 0.1) is 0 Å². The summed E-state index contributed by atoms with van der Waals surface area (Å²) in [7, 11) is -4.10. The lowest BCUT2D eigenvalue weighted by atomic mass is 10.2. The van der Waals surface area contributed by atoms with Crippen molar-refractivity contribution in [2.24, 2.45) is 5.10 Å². The first-order valence-electron chi connectivity index (χ1n) is 7.18. The van der Waals surface area contributed by atoms with Crippen molar-refractivity contribution in [3.05, 3.63) is 51.2 Å². The van der Waals surface area contributed by atoms with E-state index in [0.29, 0.717) is 10.4 Å². The predicted octanol–water partition coefficient (Wildman–Crippen LogP) is 3.34. The summed E-state index contributed by atoms with van der Waals surface area (Å²) in [6, 6.07) is 5.73. The van der Waals surface area contributed by atoms with E-state index in [0.717, 1.165) is 23.3 Å². The van der Waals surface area contributed by atoms with Gasteiger partial charge in [0.1, 0.15) is 6.54 Å². The van der Waals surface area contributed by atoms with Crippen molar-refractivity contribution < 1.29 is 26.4 Å². The molecule has 1 amide bonds. The van der Waals surface area contributed by atoms with Gasteiger partial charge >= 0.3 is 6.18 Å². The van der Waals surface area contributed by atoms with Gasteiger partial charge < -0.3 is 0 Å².